The predicted molar refractivity (Wildman–Crippen MR) is 133 cm³/mol. The van der Waals surface area contributed by atoms with Crippen LogP contribution in [0.3, 0.4) is 0 Å². The van der Waals surface area contributed by atoms with Crippen molar-refractivity contribution in [2.45, 2.75) is 38.5 Å². The van der Waals surface area contributed by atoms with Gasteiger partial charge in [0, 0.05) is 30.9 Å². The number of halogens is 1. The molecule has 196 valence electrons. The zero-order valence-corrected chi connectivity index (χ0v) is 20.7. The number of hydrogen-bond acceptors (Lipinski definition) is 7. The fourth-order valence-corrected chi connectivity index (χ4v) is 5.15. The molecule has 2 aromatic heterocycles. The number of fused-ring (bicyclic) bond motifs is 1. The third-order valence-electron chi connectivity index (χ3n) is 7.05. The van der Waals surface area contributed by atoms with Crippen molar-refractivity contribution < 1.29 is 28.6 Å². The van der Waals surface area contributed by atoms with Gasteiger partial charge in [-0.15, -0.1) is 0 Å². The van der Waals surface area contributed by atoms with E-state index < -0.39 is 23.9 Å². The second kappa shape index (κ2) is 9.85. The number of rotatable bonds is 6. The molecule has 2 saturated heterocycles. The van der Waals surface area contributed by atoms with Crippen molar-refractivity contribution in [1.29, 1.82) is 0 Å². The fraction of sp³-hybridized carbons (Fsp3) is 0.440. The number of carbonyl (C=O) groups excluding carboxylic acids is 1. The summed E-state index contributed by atoms with van der Waals surface area (Å²) < 4.78 is 28.5. The van der Waals surface area contributed by atoms with Crippen LogP contribution in [0.5, 0.6) is 5.75 Å². The van der Waals surface area contributed by atoms with E-state index in [0.717, 1.165) is 25.2 Å². The van der Waals surface area contributed by atoms with Crippen molar-refractivity contribution in [3.63, 3.8) is 0 Å². The molecule has 1 aromatic carbocycles. The third-order valence-corrected chi connectivity index (χ3v) is 7.05. The summed E-state index contributed by atoms with van der Waals surface area (Å²) in [5, 5.41) is 9.45. The van der Waals surface area contributed by atoms with E-state index in [9.17, 15) is 14.7 Å². The Hall–Kier alpha value is -3.93. The van der Waals surface area contributed by atoms with Crippen LogP contribution < -0.4 is 15.4 Å². The highest BCUT2D eigenvalue weighted by atomic mass is 19.1. The molecule has 0 saturated carbocycles. The number of carbonyl (C=O) groups is 2. The molecule has 12 heteroatoms. The Labute approximate surface area is 212 Å². The lowest BCUT2D eigenvalue weighted by atomic mass is 10.1. The van der Waals surface area contributed by atoms with Gasteiger partial charge >= 0.3 is 6.09 Å². The van der Waals surface area contributed by atoms with E-state index in [1.165, 1.54) is 18.1 Å². The van der Waals surface area contributed by atoms with E-state index in [-0.39, 0.29) is 43.1 Å². The number of pyridine rings is 1. The maximum Gasteiger partial charge on any atom is 0.407 e. The first-order valence-corrected chi connectivity index (χ1v) is 12.2. The first kappa shape index (κ1) is 24.8. The molecule has 2 amide bonds. The maximum absolute atomic E-state index is 15.4. The number of hydrogen-bond donors (Lipinski definition) is 2. The minimum atomic E-state index is -1.03. The molecule has 0 radical (unpaired) electrons. The lowest BCUT2D eigenvalue weighted by Gasteiger charge is -2.31. The summed E-state index contributed by atoms with van der Waals surface area (Å²) in [7, 11) is 1.41. The summed E-state index contributed by atoms with van der Waals surface area (Å²) in [6.07, 6.45) is 2.35. The molecule has 0 aliphatic carbocycles. The molecule has 3 N–H and O–H groups in total. The zero-order chi connectivity index (χ0) is 26.3. The minimum absolute atomic E-state index is 0.0775. The van der Waals surface area contributed by atoms with Crippen LogP contribution >= 0.6 is 0 Å². The zero-order valence-electron chi connectivity index (χ0n) is 20.7. The number of aromatic nitrogens is 3. The quantitative estimate of drug-likeness (QED) is 0.515. The van der Waals surface area contributed by atoms with Crippen molar-refractivity contribution in [3.8, 4) is 17.1 Å². The Bertz CT molecular complexity index is 1340. The highest BCUT2D eigenvalue weighted by Gasteiger charge is 2.29. The van der Waals surface area contributed by atoms with E-state index in [4.69, 9.17) is 15.2 Å². The van der Waals surface area contributed by atoms with Gasteiger partial charge in [0.25, 0.3) is 5.91 Å². The van der Waals surface area contributed by atoms with Crippen molar-refractivity contribution in [2.24, 2.45) is 5.73 Å². The van der Waals surface area contributed by atoms with Gasteiger partial charge < -0.3 is 34.7 Å². The van der Waals surface area contributed by atoms with Crippen LogP contribution in [0.4, 0.5) is 15.0 Å². The largest absolute Gasteiger partial charge is 0.494 e. The Morgan fingerprint density at radius 1 is 1.32 bits per heavy atom. The standard InChI is InChI=1S/C25H29FN6O5/c1-14-4-3-7-31(14)19-6-5-15(11-28-19)24-29-21-20(26)17(23(27)33)10-18(36-2)22(21)32(24)13-16-12-30(25(34)35)8-9-37-16/h5-6,10-11,14,16H,3-4,7-9,12-13H2,1-2H3,(H2,27,33)(H,34,35). The minimum Gasteiger partial charge on any atom is -0.494 e. The topological polar surface area (TPSA) is 136 Å². The molecule has 0 bridgehead atoms. The molecule has 2 aliphatic rings. The molecular weight excluding hydrogens is 483 g/mol. The number of benzene rings is 1. The van der Waals surface area contributed by atoms with Gasteiger partial charge in [-0.25, -0.2) is 19.2 Å². The lowest BCUT2D eigenvalue weighted by Crippen LogP contribution is -2.46. The van der Waals surface area contributed by atoms with Crippen LogP contribution in [0, 0.1) is 5.82 Å². The molecule has 11 nitrogen and oxygen atoms in total. The Morgan fingerprint density at radius 3 is 2.76 bits per heavy atom. The number of carboxylic acid groups (broad SMARTS) is 1. The van der Waals surface area contributed by atoms with E-state index >= 15 is 4.39 Å². The summed E-state index contributed by atoms with van der Waals surface area (Å²) >= 11 is 0. The number of nitrogens with zero attached hydrogens (tertiary/aromatic N) is 5. The van der Waals surface area contributed by atoms with Crippen LogP contribution in [-0.4, -0.2) is 82.0 Å². The van der Waals surface area contributed by atoms with Gasteiger partial charge in [0.2, 0.25) is 0 Å². The normalized spacial score (nSPS) is 20.0. The monoisotopic (exact) mass is 512 g/mol. The smallest absolute Gasteiger partial charge is 0.407 e. The van der Waals surface area contributed by atoms with Gasteiger partial charge in [-0.2, -0.15) is 0 Å². The van der Waals surface area contributed by atoms with E-state index in [2.05, 4.69) is 21.8 Å². The van der Waals surface area contributed by atoms with Crippen molar-refractivity contribution in [2.75, 3.05) is 38.3 Å². The second-order valence-corrected chi connectivity index (χ2v) is 9.36. The molecule has 2 unspecified atom stereocenters. The van der Waals surface area contributed by atoms with Crippen molar-refractivity contribution >= 4 is 28.9 Å². The lowest BCUT2D eigenvalue weighted by molar-refractivity contribution is -0.0286. The summed E-state index contributed by atoms with van der Waals surface area (Å²) in [5.74, 6) is -0.338. The SMILES string of the molecule is COc1cc(C(N)=O)c(F)c2nc(-c3ccc(N4CCCC4C)nc3)n(CC3CN(C(=O)O)CCO3)c12. The number of primary amides is 1. The third kappa shape index (κ3) is 4.52. The molecule has 2 fully saturated rings. The van der Waals surface area contributed by atoms with Gasteiger partial charge in [-0.05, 0) is 38.0 Å². The Balaban J connectivity index is 1.62. The van der Waals surface area contributed by atoms with Gasteiger partial charge in [-0.1, -0.05) is 0 Å². The van der Waals surface area contributed by atoms with Crippen LogP contribution in [0.25, 0.3) is 22.4 Å². The van der Waals surface area contributed by atoms with Gasteiger partial charge in [0.05, 0.1) is 38.5 Å². The Kier molecular flexibility index (Phi) is 6.59. The first-order chi connectivity index (χ1) is 17.8. The number of amides is 2. The Morgan fingerprint density at radius 2 is 2.14 bits per heavy atom. The summed E-state index contributed by atoms with van der Waals surface area (Å²) in [4.78, 5) is 36.2. The molecule has 2 atom stereocenters. The summed E-state index contributed by atoms with van der Waals surface area (Å²) in [6.45, 7) is 3.92. The summed E-state index contributed by atoms with van der Waals surface area (Å²) in [5.41, 5.74) is 5.93. The van der Waals surface area contributed by atoms with E-state index in [0.29, 0.717) is 22.9 Å². The van der Waals surface area contributed by atoms with Crippen LogP contribution in [-0.2, 0) is 11.3 Å². The van der Waals surface area contributed by atoms with Crippen molar-refractivity contribution in [1.82, 2.24) is 19.4 Å². The van der Waals surface area contributed by atoms with Gasteiger partial charge in [-0.3, -0.25) is 4.79 Å². The number of morpholine rings is 1. The number of ether oxygens (including phenoxy) is 2. The number of nitrogens with two attached hydrogens (primary N) is 1. The van der Waals surface area contributed by atoms with Crippen LogP contribution in [0.2, 0.25) is 0 Å². The summed E-state index contributed by atoms with van der Waals surface area (Å²) in [6, 6.07) is 5.43. The highest BCUT2D eigenvalue weighted by molar-refractivity contribution is 5.99. The molecule has 5 rings (SSSR count). The average Bonchev–Trinajstić information content (AvgIpc) is 3.49. The number of methoxy groups -OCH3 is 1. The average molecular weight is 513 g/mol. The van der Waals surface area contributed by atoms with Crippen LogP contribution in [0.1, 0.15) is 30.1 Å². The van der Waals surface area contributed by atoms with E-state index in [1.54, 1.807) is 10.8 Å². The molecule has 4 heterocycles. The molecular formula is C25H29FN6O5. The predicted octanol–water partition coefficient (Wildman–Crippen LogP) is 2.71. The van der Waals surface area contributed by atoms with E-state index in [1.807, 2.05) is 12.1 Å². The van der Waals surface area contributed by atoms with Gasteiger partial charge in [0.15, 0.2) is 5.82 Å². The number of imidazole rings is 1. The van der Waals surface area contributed by atoms with Crippen molar-refractivity contribution in [3.05, 3.63) is 35.8 Å². The molecule has 3 aromatic rings. The van der Waals surface area contributed by atoms with Crippen LogP contribution in [0.15, 0.2) is 24.4 Å². The first-order valence-electron chi connectivity index (χ1n) is 12.2. The molecule has 0 spiro atoms. The molecule has 37 heavy (non-hydrogen) atoms. The highest BCUT2D eigenvalue weighted by Crippen LogP contribution is 2.35. The number of anilines is 1. The molecule has 2 aliphatic heterocycles. The second-order valence-electron chi connectivity index (χ2n) is 9.36. The maximum atomic E-state index is 15.4. The fourth-order valence-electron chi connectivity index (χ4n) is 5.15. The van der Waals surface area contributed by atoms with Gasteiger partial charge in [0.1, 0.15) is 28.4 Å².